The maximum Gasteiger partial charge on any atom is 0.418 e. The Morgan fingerprint density at radius 3 is 2.47 bits per heavy atom. The zero-order chi connectivity index (χ0) is 14.0. The van der Waals surface area contributed by atoms with Crippen molar-refractivity contribution in [2.24, 2.45) is 0 Å². The summed E-state index contributed by atoms with van der Waals surface area (Å²) in [6.07, 6.45) is -3.68. The van der Waals surface area contributed by atoms with E-state index < -0.39 is 17.7 Å². The van der Waals surface area contributed by atoms with Crippen LogP contribution in [0, 0.1) is 5.95 Å². The average Bonchev–Trinajstić information content (AvgIpc) is 2.30. The molecule has 3 nitrogen and oxygen atoms in total. The summed E-state index contributed by atoms with van der Waals surface area (Å²) in [5.74, 6) is -0.930. The number of aromatic nitrogens is 2. The van der Waals surface area contributed by atoms with E-state index in [-0.39, 0.29) is 16.5 Å². The second-order valence-corrected chi connectivity index (χ2v) is 3.98. The fourth-order valence-corrected chi connectivity index (χ4v) is 1.57. The van der Waals surface area contributed by atoms with Gasteiger partial charge in [-0.25, -0.2) is 9.97 Å². The first-order valence-electron chi connectivity index (χ1n) is 4.97. The van der Waals surface area contributed by atoms with E-state index in [2.05, 4.69) is 15.3 Å². The summed E-state index contributed by atoms with van der Waals surface area (Å²) >= 11 is 5.54. The van der Waals surface area contributed by atoms with Gasteiger partial charge in [-0.3, -0.25) is 0 Å². The predicted octanol–water partition coefficient (Wildman–Crippen LogP) is 4.03. The van der Waals surface area contributed by atoms with Crippen molar-refractivity contribution in [1.82, 2.24) is 9.97 Å². The highest BCUT2D eigenvalue weighted by Crippen LogP contribution is 2.37. The fraction of sp³-hybridized carbons (Fsp3) is 0.0909. The smallest absolute Gasteiger partial charge is 0.340 e. The normalized spacial score (nSPS) is 11.4. The Morgan fingerprint density at radius 2 is 1.84 bits per heavy atom. The summed E-state index contributed by atoms with van der Waals surface area (Å²) in [5, 5.41) is 2.33. The summed E-state index contributed by atoms with van der Waals surface area (Å²) in [7, 11) is 0. The summed E-state index contributed by atoms with van der Waals surface area (Å²) < 4.78 is 51.2. The van der Waals surface area contributed by atoms with Crippen LogP contribution in [-0.2, 0) is 6.18 Å². The molecule has 0 unspecified atom stereocenters. The van der Waals surface area contributed by atoms with Gasteiger partial charge in [0.15, 0.2) is 0 Å². The molecule has 2 aromatic rings. The molecule has 0 amide bonds. The van der Waals surface area contributed by atoms with E-state index in [1.807, 2.05) is 0 Å². The van der Waals surface area contributed by atoms with Crippen molar-refractivity contribution < 1.29 is 17.6 Å². The third kappa shape index (κ3) is 3.31. The Morgan fingerprint density at radius 1 is 1.11 bits per heavy atom. The van der Waals surface area contributed by atoms with Gasteiger partial charge in [-0.1, -0.05) is 11.6 Å². The van der Waals surface area contributed by atoms with Gasteiger partial charge >= 0.3 is 6.18 Å². The van der Waals surface area contributed by atoms with E-state index in [1.165, 1.54) is 6.07 Å². The molecule has 0 aliphatic rings. The van der Waals surface area contributed by atoms with Gasteiger partial charge in [0.25, 0.3) is 0 Å². The topological polar surface area (TPSA) is 37.8 Å². The van der Waals surface area contributed by atoms with Crippen LogP contribution in [0.25, 0.3) is 0 Å². The molecule has 0 fully saturated rings. The van der Waals surface area contributed by atoms with Crippen LogP contribution in [0.3, 0.4) is 0 Å². The molecule has 1 N–H and O–H groups in total. The lowest BCUT2D eigenvalue weighted by Gasteiger charge is -2.14. The van der Waals surface area contributed by atoms with Crippen LogP contribution in [-0.4, -0.2) is 9.97 Å². The van der Waals surface area contributed by atoms with Gasteiger partial charge in [0.2, 0.25) is 5.95 Å². The van der Waals surface area contributed by atoms with Crippen molar-refractivity contribution in [2.75, 3.05) is 5.32 Å². The first-order chi connectivity index (χ1) is 8.86. The average molecular weight is 292 g/mol. The first-order valence-corrected chi connectivity index (χ1v) is 5.35. The van der Waals surface area contributed by atoms with E-state index in [4.69, 9.17) is 11.6 Å². The highest BCUT2D eigenvalue weighted by atomic mass is 35.5. The molecule has 1 aromatic heterocycles. The van der Waals surface area contributed by atoms with Crippen molar-refractivity contribution in [1.29, 1.82) is 0 Å². The Kier molecular flexibility index (Phi) is 3.57. The summed E-state index contributed by atoms with van der Waals surface area (Å²) in [6, 6.07) is 4.10. The molecule has 2 rings (SSSR count). The van der Waals surface area contributed by atoms with E-state index >= 15 is 0 Å². The van der Waals surface area contributed by atoms with E-state index in [1.54, 1.807) is 0 Å². The largest absolute Gasteiger partial charge is 0.418 e. The highest BCUT2D eigenvalue weighted by Gasteiger charge is 2.33. The van der Waals surface area contributed by atoms with Crippen LogP contribution >= 0.6 is 11.6 Å². The molecule has 100 valence electrons. The van der Waals surface area contributed by atoms with E-state index in [0.717, 1.165) is 24.5 Å². The molecule has 0 aliphatic carbocycles. The monoisotopic (exact) mass is 291 g/mol. The Hall–Kier alpha value is -1.89. The van der Waals surface area contributed by atoms with Crippen LogP contribution in [0.1, 0.15) is 5.56 Å². The molecule has 0 bridgehead atoms. The lowest BCUT2D eigenvalue weighted by Crippen LogP contribution is -2.09. The van der Waals surface area contributed by atoms with Crippen LogP contribution < -0.4 is 5.32 Å². The SMILES string of the molecule is Fc1cc(Nc2ccc(Cl)cc2C(F)(F)F)ncn1. The van der Waals surface area contributed by atoms with Gasteiger partial charge in [0.05, 0.1) is 11.3 Å². The Balaban J connectivity index is 2.40. The van der Waals surface area contributed by atoms with Crippen LogP contribution in [0.4, 0.5) is 29.1 Å². The number of benzene rings is 1. The number of anilines is 2. The minimum atomic E-state index is -4.58. The highest BCUT2D eigenvalue weighted by molar-refractivity contribution is 6.30. The van der Waals surface area contributed by atoms with Crippen molar-refractivity contribution in [2.45, 2.75) is 6.18 Å². The van der Waals surface area contributed by atoms with Crippen LogP contribution in [0.2, 0.25) is 5.02 Å². The quantitative estimate of drug-likeness (QED) is 0.670. The molecule has 0 saturated carbocycles. The minimum Gasteiger partial charge on any atom is -0.340 e. The maximum absolute atomic E-state index is 12.8. The predicted molar refractivity (Wildman–Crippen MR) is 61.7 cm³/mol. The van der Waals surface area contributed by atoms with Crippen molar-refractivity contribution in [3.05, 3.63) is 47.1 Å². The van der Waals surface area contributed by atoms with Gasteiger partial charge in [0.1, 0.15) is 12.1 Å². The molecule has 0 saturated heterocycles. The van der Waals surface area contributed by atoms with Crippen molar-refractivity contribution in [3.63, 3.8) is 0 Å². The van der Waals surface area contributed by atoms with Crippen molar-refractivity contribution in [3.8, 4) is 0 Å². The molecule has 0 radical (unpaired) electrons. The van der Waals surface area contributed by atoms with Gasteiger partial charge < -0.3 is 5.32 Å². The third-order valence-corrected chi connectivity index (χ3v) is 2.42. The summed E-state index contributed by atoms with van der Waals surface area (Å²) in [5.41, 5.74) is -1.23. The first kappa shape index (κ1) is 13.5. The zero-order valence-corrected chi connectivity index (χ0v) is 9.93. The molecule has 1 aromatic carbocycles. The summed E-state index contributed by atoms with van der Waals surface area (Å²) in [6.45, 7) is 0. The number of hydrogen-bond donors (Lipinski definition) is 1. The van der Waals surface area contributed by atoms with Crippen LogP contribution in [0.5, 0.6) is 0 Å². The van der Waals surface area contributed by atoms with E-state index in [9.17, 15) is 17.6 Å². The summed E-state index contributed by atoms with van der Waals surface area (Å²) in [4.78, 5) is 6.82. The van der Waals surface area contributed by atoms with E-state index in [0.29, 0.717) is 0 Å². The molecular formula is C11H6ClF4N3. The molecule has 1 heterocycles. The van der Waals surface area contributed by atoms with Crippen LogP contribution in [0.15, 0.2) is 30.6 Å². The minimum absolute atomic E-state index is 0.0493. The Bertz CT molecular complexity index is 601. The molecule has 0 aliphatic heterocycles. The number of alkyl halides is 3. The molecular weight excluding hydrogens is 286 g/mol. The maximum atomic E-state index is 12.8. The van der Waals surface area contributed by atoms with Gasteiger partial charge in [0, 0.05) is 11.1 Å². The lowest BCUT2D eigenvalue weighted by atomic mass is 10.1. The number of hydrogen-bond acceptors (Lipinski definition) is 3. The Labute approximate surface area is 110 Å². The third-order valence-electron chi connectivity index (χ3n) is 2.18. The standard InChI is InChI=1S/C11H6ClF4N3/c12-6-1-2-8(7(3-6)11(14,15)16)19-10-4-9(13)17-5-18-10/h1-5H,(H,17,18,19). The van der Waals surface area contributed by atoms with Gasteiger partial charge in [-0.15, -0.1) is 0 Å². The number of rotatable bonds is 2. The lowest BCUT2D eigenvalue weighted by molar-refractivity contribution is -0.136. The van der Waals surface area contributed by atoms with Crippen molar-refractivity contribution >= 4 is 23.1 Å². The number of nitrogens with zero attached hydrogens (tertiary/aromatic N) is 2. The van der Waals surface area contributed by atoms with Gasteiger partial charge in [-0.2, -0.15) is 17.6 Å². The molecule has 0 spiro atoms. The fourth-order valence-electron chi connectivity index (χ4n) is 1.40. The second kappa shape index (κ2) is 5.00. The molecule has 19 heavy (non-hydrogen) atoms. The number of halogens is 5. The number of nitrogens with one attached hydrogen (secondary N) is 1. The zero-order valence-electron chi connectivity index (χ0n) is 9.17. The molecule has 8 heteroatoms. The van der Waals surface area contributed by atoms with Gasteiger partial charge in [-0.05, 0) is 18.2 Å². The second-order valence-electron chi connectivity index (χ2n) is 3.54. The molecule has 0 atom stereocenters.